The number of carbonyl (C=O) groups excluding carboxylic acids is 1. The molecule has 4 nitrogen and oxygen atoms in total. The summed E-state index contributed by atoms with van der Waals surface area (Å²) in [5.74, 6) is 0.112. The zero-order chi connectivity index (χ0) is 11.5. The van der Waals surface area contributed by atoms with Crippen molar-refractivity contribution in [2.75, 3.05) is 26.8 Å². The number of rotatable bonds is 4. The van der Waals surface area contributed by atoms with Crippen LogP contribution in [0.2, 0.25) is 0 Å². The van der Waals surface area contributed by atoms with Gasteiger partial charge in [-0.05, 0) is 13.3 Å². The molecule has 0 spiro atoms. The number of ether oxygens (including phenoxy) is 1. The monoisotopic (exact) mass is 214 g/mol. The molecule has 2 N–H and O–H groups in total. The standard InChI is InChI=1S/C11H22N2O2/c1-4-5-6-13(3)10(14)11(2)8-15-7-9(11)12/h9H,4-8,12H2,1-3H3. The highest BCUT2D eigenvalue weighted by atomic mass is 16.5. The minimum atomic E-state index is -0.525. The SMILES string of the molecule is CCCCN(C)C(=O)C1(C)COCC1N. The molecular weight excluding hydrogens is 192 g/mol. The van der Waals surface area contributed by atoms with Crippen LogP contribution in [0.4, 0.5) is 0 Å². The molecule has 4 heteroatoms. The Labute approximate surface area is 91.8 Å². The molecule has 0 aliphatic carbocycles. The maximum atomic E-state index is 12.1. The predicted molar refractivity (Wildman–Crippen MR) is 59.4 cm³/mol. The number of nitrogens with zero attached hydrogens (tertiary/aromatic N) is 1. The molecule has 1 aliphatic heterocycles. The van der Waals surface area contributed by atoms with Crippen molar-refractivity contribution in [2.45, 2.75) is 32.7 Å². The van der Waals surface area contributed by atoms with E-state index in [1.54, 1.807) is 4.90 Å². The maximum absolute atomic E-state index is 12.1. The third-order valence-corrected chi connectivity index (χ3v) is 3.20. The van der Waals surface area contributed by atoms with E-state index in [9.17, 15) is 4.79 Å². The van der Waals surface area contributed by atoms with Crippen LogP contribution in [0.15, 0.2) is 0 Å². The second-order valence-electron chi connectivity index (χ2n) is 4.62. The van der Waals surface area contributed by atoms with Crippen LogP contribution in [-0.4, -0.2) is 43.7 Å². The van der Waals surface area contributed by atoms with E-state index in [0.29, 0.717) is 13.2 Å². The molecule has 1 aliphatic rings. The van der Waals surface area contributed by atoms with Gasteiger partial charge in [0.15, 0.2) is 0 Å². The lowest BCUT2D eigenvalue weighted by Crippen LogP contribution is -2.50. The molecule has 1 saturated heterocycles. The predicted octanol–water partition coefficient (Wildman–Crippen LogP) is 0.609. The number of hydrogen-bond donors (Lipinski definition) is 1. The van der Waals surface area contributed by atoms with Crippen molar-refractivity contribution in [3.05, 3.63) is 0 Å². The molecule has 0 aromatic rings. The third kappa shape index (κ3) is 2.49. The molecule has 0 aromatic heterocycles. The van der Waals surface area contributed by atoms with Crippen LogP contribution in [0.25, 0.3) is 0 Å². The Morgan fingerprint density at radius 2 is 2.33 bits per heavy atom. The summed E-state index contributed by atoms with van der Waals surface area (Å²) in [6, 6.07) is -0.172. The number of unbranched alkanes of at least 4 members (excludes halogenated alkanes) is 1. The van der Waals surface area contributed by atoms with Crippen LogP contribution in [0.5, 0.6) is 0 Å². The first-order valence-corrected chi connectivity index (χ1v) is 5.61. The average molecular weight is 214 g/mol. The Balaban J connectivity index is 2.58. The Hall–Kier alpha value is -0.610. The maximum Gasteiger partial charge on any atom is 0.232 e. The molecule has 0 bridgehead atoms. The lowest BCUT2D eigenvalue weighted by molar-refractivity contribution is -0.140. The first-order chi connectivity index (χ1) is 7.02. The van der Waals surface area contributed by atoms with E-state index < -0.39 is 5.41 Å². The summed E-state index contributed by atoms with van der Waals surface area (Å²) in [6.45, 7) is 5.75. The van der Waals surface area contributed by atoms with Crippen LogP contribution >= 0.6 is 0 Å². The quantitative estimate of drug-likeness (QED) is 0.746. The van der Waals surface area contributed by atoms with Gasteiger partial charge in [-0.15, -0.1) is 0 Å². The summed E-state index contributed by atoms with van der Waals surface area (Å²) < 4.78 is 5.28. The van der Waals surface area contributed by atoms with Crippen LogP contribution in [0.3, 0.4) is 0 Å². The van der Waals surface area contributed by atoms with Gasteiger partial charge in [0.25, 0.3) is 0 Å². The van der Waals surface area contributed by atoms with Gasteiger partial charge >= 0.3 is 0 Å². The number of carbonyl (C=O) groups is 1. The molecule has 0 radical (unpaired) electrons. The highest BCUT2D eigenvalue weighted by molar-refractivity contribution is 5.83. The van der Waals surface area contributed by atoms with Crippen molar-refractivity contribution in [3.8, 4) is 0 Å². The Kier molecular flexibility index (Phi) is 4.11. The molecule has 15 heavy (non-hydrogen) atoms. The zero-order valence-electron chi connectivity index (χ0n) is 9.95. The van der Waals surface area contributed by atoms with E-state index in [4.69, 9.17) is 10.5 Å². The second-order valence-corrected chi connectivity index (χ2v) is 4.62. The summed E-state index contributed by atoms with van der Waals surface area (Å²) in [7, 11) is 1.84. The van der Waals surface area contributed by atoms with Gasteiger partial charge in [0.2, 0.25) is 5.91 Å². The summed E-state index contributed by atoms with van der Waals surface area (Å²) in [5, 5.41) is 0. The molecule has 2 unspecified atom stereocenters. The molecule has 2 atom stereocenters. The highest BCUT2D eigenvalue weighted by Crippen LogP contribution is 2.29. The number of hydrogen-bond acceptors (Lipinski definition) is 3. The number of nitrogens with two attached hydrogens (primary N) is 1. The van der Waals surface area contributed by atoms with Crippen LogP contribution in [-0.2, 0) is 9.53 Å². The van der Waals surface area contributed by atoms with Gasteiger partial charge < -0.3 is 15.4 Å². The zero-order valence-corrected chi connectivity index (χ0v) is 9.95. The van der Waals surface area contributed by atoms with Gasteiger partial charge in [0.05, 0.1) is 18.6 Å². The summed E-state index contributed by atoms with van der Waals surface area (Å²) in [6.07, 6.45) is 2.13. The summed E-state index contributed by atoms with van der Waals surface area (Å²) >= 11 is 0. The fourth-order valence-electron chi connectivity index (χ4n) is 1.84. The highest BCUT2D eigenvalue weighted by Gasteiger charge is 2.45. The fourth-order valence-corrected chi connectivity index (χ4v) is 1.84. The summed E-state index contributed by atoms with van der Waals surface area (Å²) in [5.41, 5.74) is 5.38. The van der Waals surface area contributed by atoms with Crippen molar-refractivity contribution in [1.29, 1.82) is 0 Å². The Bertz CT molecular complexity index is 233. The van der Waals surface area contributed by atoms with E-state index in [1.165, 1.54) is 0 Å². The molecule has 0 aromatic carbocycles. The van der Waals surface area contributed by atoms with Gasteiger partial charge in [0, 0.05) is 19.6 Å². The van der Waals surface area contributed by atoms with Crippen LogP contribution in [0.1, 0.15) is 26.7 Å². The topological polar surface area (TPSA) is 55.6 Å². The molecule has 1 rings (SSSR count). The van der Waals surface area contributed by atoms with Crippen molar-refractivity contribution in [1.82, 2.24) is 4.90 Å². The number of amides is 1. The summed E-state index contributed by atoms with van der Waals surface area (Å²) in [4.78, 5) is 13.9. The van der Waals surface area contributed by atoms with E-state index in [1.807, 2.05) is 14.0 Å². The van der Waals surface area contributed by atoms with Gasteiger partial charge in [-0.2, -0.15) is 0 Å². The molecule has 1 fully saturated rings. The van der Waals surface area contributed by atoms with Gasteiger partial charge in [-0.1, -0.05) is 13.3 Å². The molecular formula is C11H22N2O2. The van der Waals surface area contributed by atoms with Crippen molar-refractivity contribution >= 4 is 5.91 Å². The lowest BCUT2D eigenvalue weighted by atomic mass is 9.84. The molecule has 1 heterocycles. The van der Waals surface area contributed by atoms with Crippen LogP contribution in [0, 0.1) is 5.41 Å². The second kappa shape index (κ2) is 4.94. The van der Waals surface area contributed by atoms with Crippen molar-refractivity contribution in [2.24, 2.45) is 11.1 Å². The molecule has 1 amide bonds. The van der Waals surface area contributed by atoms with E-state index in [-0.39, 0.29) is 11.9 Å². The first-order valence-electron chi connectivity index (χ1n) is 5.61. The smallest absolute Gasteiger partial charge is 0.232 e. The van der Waals surface area contributed by atoms with E-state index in [2.05, 4.69) is 6.92 Å². The largest absolute Gasteiger partial charge is 0.379 e. The third-order valence-electron chi connectivity index (χ3n) is 3.20. The van der Waals surface area contributed by atoms with Crippen molar-refractivity contribution < 1.29 is 9.53 Å². The average Bonchev–Trinajstić information content (AvgIpc) is 2.56. The normalized spacial score (nSPS) is 30.5. The van der Waals surface area contributed by atoms with Gasteiger partial charge in [-0.3, -0.25) is 4.79 Å². The van der Waals surface area contributed by atoms with Crippen molar-refractivity contribution in [3.63, 3.8) is 0 Å². The Morgan fingerprint density at radius 1 is 1.67 bits per heavy atom. The Morgan fingerprint density at radius 3 is 2.80 bits per heavy atom. The lowest BCUT2D eigenvalue weighted by Gasteiger charge is -2.30. The van der Waals surface area contributed by atoms with Crippen LogP contribution < -0.4 is 5.73 Å². The fraction of sp³-hybridized carbons (Fsp3) is 0.909. The molecule has 88 valence electrons. The van der Waals surface area contributed by atoms with E-state index in [0.717, 1.165) is 19.4 Å². The van der Waals surface area contributed by atoms with E-state index >= 15 is 0 Å². The van der Waals surface area contributed by atoms with Gasteiger partial charge in [-0.25, -0.2) is 0 Å². The minimum Gasteiger partial charge on any atom is -0.379 e. The minimum absolute atomic E-state index is 0.112. The first kappa shape index (κ1) is 12.5. The van der Waals surface area contributed by atoms with Gasteiger partial charge in [0.1, 0.15) is 0 Å². The molecule has 0 saturated carbocycles.